The van der Waals surface area contributed by atoms with Crippen molar-refractivity contribution in [2.24, 2.45) is 0 Å². The van der Waals surface area contributed by atoms with Crippen molar-refractivity contribution < 1.29 is 4.79 Å². The summed E-state index contributed by atoms with van der Waals surface area (Å²) >= 11 is 5.30. The van der Waals surface area contributed by atoms with Crippen LogP contribution in [0.25, 0.3) is 17.1 Å². The molecule has 2 aromatic heterocycles. The minimum absolute atomic E-state index is 0.102. The molecule has 8 nitrogen and oxygen atoms in total. The van der Waals surface area contributed by atoms with Gasteiger partial charge in [-0.15, -0.1) is 5.10 Å². The normalized spacial score (nSPS) is 13.3. The minimum atomic E-state index is -0.363. The number of carbonyl (C=O) groups excluding carboxylic acids is 1. The molecule has 0 atom stereocenters. The highest BCUT2D eigenvalue weighted by Crippen LogP contribution is 2.35. The molecular weight excluding hydrogens is 398 g/mol. The van der Waals surface area contributed by atoms with Gasteiger partial charge in [-0.25, -0.2) is 9.67 Å². The summed E-state index contributed by atoms with van der Waals surface area (Å²) in [7, 11) is 0. The van der Waals surface area contributed by atoms with E-state index < -0.39 is 0 Å². The second kappa shape index (κ2) is 7.68. The molecule has 2 aromatic carbocycles. The number of rotatable bonds is 6. The number of aromatic nitrogens is 6. The largest absolute Gasteiger partial charge is 0.342 e. The fraction of sp³-hybridized carbons (Fsp3) is 0.190. The number of benzene rings is 2. The van der Waals surface area contributed by atoms with Gasteiger partial charge in [0, 0.05) is 11.6 Å². The smallest absolute Gasteiger partial charge is 0.291 e. The first-order valence-corrected chi connectivity index (χ1v) is 10.1. The number of amides is 1. The Morgan fingerprint density at radius 2 is 1.80 bits per heavy atom. The number of carbonyl (C=O) groups is 1. The monoisotopic (exact) mass is 417 g/mol. The average molecular weight is 417 g/mol. The van der Waals surface area contributed by atoms with E-state index in [1.807, 2.05) is 65.2 Å². The molecule has 4 aromatic rings. The topological polar surface area (TPSA) is 93.4 Å². The van der Waals surface area contributed by atoms with Crippen LogP contribution in [0.5, 0.6) is 0 Å². The maximum absolute atomic E-state index is 12.8. The molecule has 1 aliphatic carbocycles. The molecule has 2 heterocycles. The molecule has 1 fully saturated rings. The zero-order valence-electron chi connectivity index (χ0n) is 16.0. The molecule has 0 unspecified atom stereocenters. The average Bonchev–Trinajstić information content (AvgIpc) is 3.40. The summed E-state index contributed by atoms with van der Waals surface area (Å²) in [6, 6.07) is 19.7. The Kier molecular flexibility index (Phi) is 4.72. The molecule has 0 spiro atoms. The van der Waals surface area contributed by atoms with Gasteiger partial charge in [0.2, 0.25) is 5.82 Å². The number of nitrogens with one attached hydrogen (secondary N) is 2. The van der Waals surface area contributed by atoms with Crippen LogP contribution in [0.15, 0.2) is 60.7 Å². The van der Waals surface area contributed by atoms with Crippen LogP contribution in [0.4, 0.5) is 0 Å². The van der Waals surface area contributed by atoms with Gasteiger partial charge >= 0.3 is 0 Å². The maximum atomic E-state index is 12.8. The van der Waals surface area contributed by atoms with E-state index in [2.05, 4.69) is 25.6 Å². The number of nitrogens with zero attached hydrogens (tertiary/aromatic N) is 5. The van der Waals surface area contributed by atoms with E-state index in [4.69, 9.17) is 12.2 Å². The molecule has 0 bridgehead atoms. The van der Waals surface area contributed by atoms with Gasteiger partial charge in [0.1, 0.15) is 0 Å². The molecule has 30 heavy (non-hydrogen) atoms. The third-order valence-electron chi connectivity index (χ3n) is 4.94. The zero-order valence-corrected chi connectivity index (χ0v) is 16.8. The van der Waals surface area contributed by atoms with Crippen molar-refractivity contribution >= 4 is 18.1 Å². The van der Waals surface area contributed by atoms with Gasteiger partial charge in [0.15, 0.2) is 16.4 Å². The van der Waals surface area contributed by atoms with Gasteiger partial charge in [-0.3, -0.25) is 14.5 Å². The third-order valence-corrected chi connectivity index (χ3v) is 5.23. The first kappa shape index (κ1) is 18.4. The summed E-state index contributed by atoms with van der Waals surface area (Å²) < 4.78 is 4.24. The number of hydrogen-bond acceptors (Lipinski definition) is 5. The molecule has 1 amide bonds. The zero-order chi connectivity index (χ0) is 20.5. The Balaban J connectivity index is 1.44. The molecule has 0 radical (unpaired) electrons. The van der Waals surface area contributed by atoms with Crippen LogP contribution >= 0.6 is 12.2 Å². The lowest BCUT2D eigenvalue weighted by Gasteiger charge is -2.05. The molecule has 2 N–H and O–H groups in total. The van der Waals surface area contributed by atoms with Crippen LogP contribution in [0, 0.1) is 4.77 Å². The quantitative estimate of drug-likeness (QED) is 0.469. The van der Waals surface area contributed by atoms with Gasteiger partial charge < -0.3 is 5.32 Å². The lowest BCUT2D eigenvalue weighted by Crippen LogP contribution is -2.26. The maximum Gasteiger partial charge on any atom is 0.291 e. The lowest BCUT2D eigenvalue weighted by atomic mass is 10.2. The highest BCUT2D eigenvalue weighted by atomic mass is 32.1. The van der Waals surface area contributed by atoms with Crippen molar-refractivity contribution in [2.45, 2.75) is 25.4 Å². The predicted molar refractivity (Wildman–Crippen MR) is 114 cm³/mol. The van der Waals surface area contributed by atoms with Crippen molar-refractivity contribution in [3.05, 3.63) is 77.1 Å². The molecule has 0 saturated heterocycles. The molecule has 0 aliphatic heterocycles. The van der Waals surface area contributed by atoms with Gasteiger partial charge in [-0.2, -0.15) is 5.10 Å². The summed E-state index contributed by atoms with van der Waals surface area (Å²) in [5.41, 5.74) is 1.71. The Labute approximate surface area is 177 Å². The Bertz CT molecular complexity index is 1180. The highest BCUT2D eigenvalue weighted by molar-refractivity contribution is 7.71. The number of H-pyrrole nitrogens is 1. The van der Waals surface area contributed by atoms with Crippen LogP contribution < -0.4 is 5.32 Å². The van der Waals surface area contributed by atoms with Crippen molar-refractivity contribution in [1.82, 2.24) is 34.8 Å². The summed E-state index contributed by atoms with van der Waals surface area (Å²) in [6.07, 6.45) is 2.16. The molecule has 1 saturated carbocycles. The molecule has 5 rings (SSSR count). The highest BCUT2D eigenvalue weighted by Gasteiger charge is 2.27. The van der Waals surface area contributed by atoms with E-state index >= 15 is 0 Å². The van der Waals surface area contributed by atoms with Crippen LogP contribution in [-0.4, -0.2) is 35.4 Å². The van der Waals surface area contributed by atoms with Crippen LogP contribution in [-0.2, 0) is 6.54 Å². The standard InChI is InChI=1S/C21H19N7OS/c29-20(22-13-17-24-25-21(30)27(17)15-11-12-15)18-23-19(14-7-3-1-4-8-14)28(26-18)16-9-5-2-6-10-16/h1-10,15H,11-13H2,(H,22,29)(H,25,30). The van der Waals surface area contributed by atoms with Crippen molar-refractivity contribution in [3.8, 4) is 17.1 Å². The van der Waals surface area contributed by atoms with E-state index in [-0.39, 0.29) is 18.3 Å². The summed E-state index contributed by atoms with van der Waals surface area (Å²) in [5.74, 6) is 1.05. The van der Waals surface area contributed by atoms with Crippen LogP contribution in [0.2, 0.25) is 0 Å². The van der Waals surface area contributed by atoms with Crippen molar-refractivity contribution in [1.29, 1.82) is 0 Å². The fourth-order valence-electron chi connectivity index (χ4n) is 3.34. The van der Waals surface area contributed by atoms with Gasteiger partial charge in [0.05, 0.1) is 12.2 Å². The van der Waals surface area contributed by atoms with E-state index in [0.29, 0.717) is 22.5 Å². The Morgan fingerprint density at radius 3 is 2.50 bits per heavy atom. The summed E-state index contributed by atoms with van der Waals surface area (Å²) in [6.45, 7) is 0.253. The van der Waals surface area contributed by atoms with Crippen LogP contribution in [0.1, 0.15) is 35.3 Å². The number of para-hydroxylation sites is 1. The second-order valence-corrected chi connectivity index (χ2v) is 7.49. The molecule has 9 heteroatoms. The summed E-state index contributed by atoms with van der Waals surface area (Å²) in [4.78, 5) is 17.4. The van der Waals surface area contributed by atoms with E-state index in [0.717, 1.165) is 24.1 Å². The second-order valence-electron chi connectivity index (χ2n) is 7.10. The lowest BCUT2D eigenvalue weighted by molar-refractivity contribution is 0.0939. The Hall–Kier alpha value is -3.59. The van der Waals surface area contributed by atoms with Gasteiger partial charge in [-0.1, -0.05) is 48.5 Å². The molecule has 1 aliphatic rings. The van der Waals surface area contributed by atoms with Gasteiger partial charge in [0.25, 0.3) is 5.91 Å². The number of aromatic amines is 1. The van der Waals surface area contributed by atoms with Gasteiger partial charge in [-0.05, 0) is 37.2 Å². The Morgan fingerprint density at radius 1 is 1.10 bits per heavy atom. The van der Waals surface area contributed by atoms with Crippen molar-refractivity contribution in [2.75, 3.05) is 0 Å². The molecule has 150 valence electrons. The minimum Gasteiger partial charge on any atom is -0.342 e. The van der Waals surface area contributed by atoms with Crippen molar-refractivity contribution in [3.63, 3.8) is 0 Å². The van der Waals surface area contributed by atoms with Crippen LogP contribution in [0.3, 0.4) is 0 Å². The fourth-order valence-corrected chi connectivity index (χ4v) is 3.64. The van der Waals surface area contributed by atoms with E-state index in [1.54, 1.807) is 4.68 Å². The first-order valence-electron chi connectivity index (χ1n) is 9.72. The SMILES string of the molecule is O=C(NCc1n[nH]c(=S)n1C1CC1)c1nc(-c2ccccc2)n(-c2ccccc2)n1. The van der Waals surface area contributed by atoms with E-state index in [9.17, 15) is 4.79 Å². The summed E-state index contributed by atoms with van der Waals surface area (Å²) in [5, 5.41) is 14.4. The third kappa shape index (κ3) is 3.55. The predicted octanol–water partition coefficient (Wildman–Crippen LogP) is 3.45. The molecular formula is C21H19N7OS. The van der Waals surface area contributed by atoms with E-state index in [1.165, 1.54) is 0 Å². The first-order chi connectivity index (χ1) is 14.7. The number of hydrogen-bond donors (Lipinski definition) is 2.